The van der Waals surface area contributed by atoms with Gasteiger partial charge >= 0.3 is 17.6 Å². The van der Waals surface area contributed by atoms with Crippen LogP contribution in [0.15, 0.2) is 41.6 Å². The number of pyridine rings is 1. The van der Waals surface area contributed by atoms with E-state index >= 15 is 0 Å². The number of aliphatic hydroxyl groups excluding tert-OH is 1. The third-order valence-corrected chi connectivity index (χ3v) is 4.04. The van der Waals surface area contributed by atoms with Crippen molar-refractivity contribution in [2.45, 2.75) is 24.4 Å². The van der Waals surface area contributed by atoms with Crippen LogP contribution in [0.3, 0.4) is 0 Å². The molecule has 0 aliphatic carbocycles. The molecule has 1 saturated heterocycles. The summed E-state index contributed by atoms with van der Waals surface area (Å²) in [5.74, 6) is -4.96. The molecule has 0 bridgehead atoms. The van der Waals surface area contributed by atoms with E-state index in [0.29, 0.717) is 4.57 Å². The van der Waals surface area contributed by atoms with Gasteiger partial charge in [-0.25, -0.2) is 14.2 Å². The lowest BCUT2D eigenvalue weighted by Gasteiger charge is -2.23. The third-order valence-electron chi connectivity index (χ3n) is 4.04. The lowest BCUT2D eigenvalue weighted by molar-refractivity contribution is -0.671. The molecule has 1 aliphatic heterocycles. The van der Waals surface area contributed by atoms with Crippen molar-refractivity contribution in [1.82, 2.24) is 9.55 Å². The molecule has 1 fully saturated rings. The maximum atomic E-state index is 14.9. The van der Waals surface area contributed by atoms with Crippen LogP contribution in [0.4, 0.5) is 14.6 Å². The molecule has 3 heterocycles. The number of esters is 1. The van der Waals surface area contributed by atoms with Gasteiger partial charge in [0.25, 0.3) is 0 Å². The molecular weight excluding hydrogens is 366 g/mol. The molecule has 0 radical (unpaired) electrons. The lowest BCUT2D eigenvalue weighted by atomic mass is 10.1. The van der Waals surface area contributed by atoms with Crippen molar-refractivity contribution in [2.75, 3.05) is 12.3 Å². The molecule has 0 saturated carbocycles. The Morgan fingerprint density at radius 3 is 2.89 bits per heavy atom. The van der Waals surface area contributed by atoms with E-state index in [4.69, 9.17) is 15.2 Å². The molecule has 3 rings (SSSR count). The summed E-state index contributed by atoms with van der Waals surface area (Å²) in [6.07, 6.45) is -1.70. The average Bonchev–Trinajstić information content (AvgIpc) is 2.85. The van der Waals surface area contributed by atoms with Crippen molar-refractivity contribution >= 4 is 11.8 Å². The first-order chi connectivity index (χ1) is 12.7. The summed E-state index contributed by atoms with van der Waals surface area (Å²) < 4.78 is 41.9. The molecule has 0 spiro atoms. The van der Waals surface area contributed by atoms with E-state index < -0.39 is 42.6 Å². The van der Waals surface area contributed by atoms with Crippen LogP contribution in [0.2, 0.25) is 0 Å². The molecule has 3 N–H and O–H groups in total. The number of nitrogen functional groups attached to an aromatic ring is 1. The maximum Gasteiger partial charge on any atom is 0.351 e. The number of nitrogens with two attached hydrogens (primary N) is 1. The van der Waals surface area contributed by atoms with E-state index in [1.165, 1.54) is 12.3 Å². The van der Waals surface area contributed by atoms with Crippen LogP contribution in [-0.4, -0.2) is 45.4 Å². The number of rotatable bonds is 4. The van der Waals surface area contributed by atoms with Crippen molar-refractivity contribution in [3.63, 3.8) is 0 Å². The van der Waals surface area contributed by atoms with E-state index in [-0.39, 0.29) is 11.4 Å². The van der Waals surface area contributed by atoms with Gasteiger partial charge in [0, 0.05) is 12.3 Å². The Labute approximate surface area is 151 Å². The standard InChI is InChI=1S/C16H16F2N4O5/c1-21-5-2-3-9(7-21)13(24)27-12-10(8-23)26-14(16(12,17)18)22-6-4-11(19)20-15(22)25/h2-7,10,12,14,23H,8H2,1H3,(H-,19,20,25)/p+1/t10-,12-,14?/m1/s1. The second-order valence-corrected chi connectivity index (χ2v) is 6.01. The van der Waals surface area contributed by atoms with Gasteiger partial charge in [-0.1, -0.05) is 0 Å². The van der Waals surface area contributed by atoms with Crippen molar-refractivity contribution < 1.29 is 32.7 Å². The minimum Gasteiger partial charge on any atom is -0.449 e. The molecule has 1 unspecified atom stereocenters. The van der Waals surface area contributed by atoms with Gasteiger partial charge in [0.2, 0.25) is 6.23 Å². The monoisotopic (exact) mass is 383 g/mol. The third kappa shape index (κ3) is 3.51. The summed E-state index contributed by atoms with van der Waals surface area (Å²) >= 11 is 0. The number of aliphatic hydroxyl groups is 1. The molecular formula is C16H17F2N4O5+. The number of hydrogen-bond donors (Lipinski definition) is 2. The SMILES string of the molecule is C[n+]1cccc(C(=O)O[C@@H]2[C@@H](CO)OC(n3ccc(N)nc3=O)C2(F)F)c1. The van der Waals surface area contributed by atoms with Gasteiger partial charge < -0.3 is 20.3 Å². The second-order valence-electron chi connectivity index (χ2n) is 6.01. The number of alkyl halides is 2. The molecule has 1 aliphatic rings. The molecule has 2 aromatic heterocycles. The number of ether oxygens (including phenoxy) is 2. The number of hydrogen-bond acceptors (Lipinski definition) is 7. The van der Waals surface area contributed by atoms with Crippen LogP contribution in [0.1, 0.15) is 16.6 Å². The first-order valence-corrected chi connectivity index (χ1v) is 7.89. The van der Waals surface area contributed by atoms with Crippen LogP contribution < -0.4 is 16.0 Å². The Balaban J connectivity index is 1.90. The van der Waals surface area contributed by atoms with Gasteiger partial charge in [0.1, 0.15) is 24.5 Å². The first kappa shape index (κ1) is 18.9. The van der Waals surface area contributed by atoms with Crippen molar-refractivity contribution in [2.24, 2.45) is 7.05 Å². The highest BCUT2D eigenvalue weighted by Crippen LogP contribution is 2.44. The van der Waals surface area contributed by atoms with Crippen LogP contribution in [0.25, 0.3) is 0 Å². The Bertz CT molecular complexity index is 920. The Morgan fingerprint density at radius 1 is 1.52 bits per heavy atom. The predicted molar refractivity (Wildman–Crippen MR) is 85.7 cm³/mol. The maximum absolute atomic E-state index is 14.9. The van der Waals surface area contributed by atoms with Gasteiger partial charge in [0.15, 0.2) is 18.5 Å². The highest BCUT2D eigenvalue weighted by molar-refractivity contribution is 5.88. The molecule has 9 nitrogen and oxygen atoms in total. The number of carbonyl (C=O) groups excluding carboxylic acids is 1. The second kappa shape index (κ2) is 7.00. The highest BCUT2D eigenvalue weighted by Gasteiger charge is 2.62. The van der Waals surface area contributed by atoms with Crippen molar-refractivity contribution in [3.8, 4) is 0 Å². The van der Waals surface area contributed by atoms with Crippen LogP contribution in [0.5, 0.6) is 0 Å². The number of halogens is 2. The summed E-state index contributed by atoms with van der Waals surface area (Å²) in [7, 11) is 1.65. The first-order valence-electron chi connectivity index (χ1n) is 7.89. The predicted octanol–water partition coefficient (Wildman–Crippen LogP) is -0.599. The fourth-order valence-corrected chi connectivity index (χ4v) is 2.76. The quantitative estimate of drug-likeness (QED) is 0.534. The molecule has 3 atom stereocenters. The van der Waals surface area contributed by atoms with E-state index in [1.54, 1.807) is 23.9 Å². The van der Waals surface area contributed by atoms with E-state index in [9.17, 15) is 23.5 Å². The molecule has 2 aromatic rings. The highest BCUT2D eigenvalue weighted by atomic mass is 19.3. The number of carbonyl (C=O) groups is 1. The zero-order valence-electron chi connectivity index (χ0n) is 14.2. The summed E-state index contributed by atoms with van der Waals surface area (Å²) in [6, 6.07) is 4.10. The molecule has 144 valence electrons. The molecule has 27 heavy (non-hydrogen) atoms. The van der Waals surface area contributed by atoms with E-state index in [2.05, 4.69) is 4.98 Å². The summed E-state index contributed by atoms with van der Waals surface area (Å²) in [5, 5.41) is 9.40. The lowest BCUT2D eigenvalue weighted by Crippen LogP contribution is -2.44. The minimum atomic E-state index is -3.80. The van der Waals surface area contributed by atoms with Gasteiger partial charge in [-0.15, -0.1) is 0 Å². The van der Waals surface area contributed by atoms with Crippen LogP contribution in [-0.2, 0) is 16.5 Å². The average molecular weight is 383 g/mol. The molecule has 0 amide bonds. The minimum absolute atomic E-state index is 0.0438. The number of aryl methyl sites for hydroxylation is 1. The number of nitrogens with zero attached hydrogens (tertiary/aromatic N) is 3. The van der Waals surface area contributed by atoms with E-state index in [0.717, 1.165) is 12.3 Å². The topological polar surface area (TPSA) is 121 Å². The Hall–Kier alpha value is -2.92. The van der Waals surface area contributed by atoms with Crippen LogP contribution in [0, 0.1) is 0 Å². The molecule has 0 aromatic carbocycles. The van der Waals surface area contributed by atoms with Gasteiger partial charge in [-0.3, -0.25) is 4.57 Å². The number of anilines is 1. The van der Waals surface area contributed by atoms with E-state index in [1.807, 2.05) is 0 Å². The van der Waals surface area contributed by atoms with Crippen LogP contribution >= 0.6 is 0 Å². The van der Waals surface area contributed by atoms with Gasteiger partial charge in [0.05, 0.1) is 6.61 Å². The Morgan fingerprint density at radius 2 is 2.26 bits per heavy atom. The zero-order valence-corrected chi connectivity index (χ0v) is 14.2. The fraction of sp³-hybridized carbons (Fsp3) is 0.375. The van der Waals surface area contributed by atoms with Crippen molar-refractivity contribution in [1.29, 1.82) is 0 Å². The summed E-state index contributed by atoms with van der Waals surface area (Å²) in [6.45, 7) is -0.843. The smallest absolute Gasteiger partial charge is 0.351 e. The van der Waals surface area contributed by atoms with Gasteiger partial charge in [-0.2, -0.15) is 13.8 Å². The largest absolute Gasteiger partial charge is 0.449 e. The van der Waals surface area contributed by atoms with Crippen molar-refractivity contribution in [3.05, 3.63) is 52.8 Å². The summed E-state index contributed by atoms with van der Waals surface area (Å²) in [5.41, 5.74) is 4.34. The summed E-state index contributed by atoms with van der Waals surface area (Å²) in [4.78, 5) is 27.5. The normalized spacial score (nSPS) is 23.9. The van der Waals surface area contributed by atoms with Gasteiger partial charge in [-0.05, 0) is 12.1 Å². The fourth-order valence-electron chi connectivity index (χ4n) is 2.76. The Kier molecular flexibility index (Phi) is 4.89. The number of aromatic nitrogens is 3. The molecule has 11 heteroatoms. The zero-order chi connectivity index (χ0) is 19.8.